The molecule has 0 radical (unpaired) electrons. The van der Waals surface area contributed by atoms with Crippen LogP contribution in [0.1, 0.15) is 52.5 Å². The minimum atomic E-state index is -0.913. The van der Waals surface area contributed by atoms with E-state index in [0.29, 0.717) is 25.8 Å². The molecule has 0 unspecified atom stereocenters. The first-order chi connectivity index (χ1) is 15.0. The third-order valence-electron chi connectivity index (χ3n) is 6.99. The number of carboxylic acids is 1. The van der Waals surface area contributed by atoms with Gasteiger partial charge in [-0.25, -0.2) is 0 Å². The van der Waals surface area contributed by atoms with Gasteiger partial charge in [0.15, 0.2) is 0 Å². The number of carbonyl (C=O) groups excluding carboxylic acids is 2. The number of hydrogen-bond acceptors (Lipinski definition) is 5. The van der Waals surface area contributed by atoms with E-state index >= 15 is 0 Å². The molecule has 6 nitrogen and oxygen atoms in total. The van der Waals surface area contributed by atoms with Crippen molar-refractivity contribution < 1.29 is 19.5 Å². The summed E-state index contributed by atoms with van der Waals surface area (Å²) in [6.07, 6.45) is 2.32. The quantitative estimate of drug-likeness (QED) is 0.620. The van der Waals surface area contributed by atoms with Crippen molar-refractivity contribution in [2.75, 3.05) is 11.9 Å². The summed E-state index contributed by atoms with van der Waals surface area (Å²) >= 11 is 0. The fourth-order valence-corrected chi connectivity index (χ4v) is 4.62. The van der Waals surface area contributed by atoms with Crippen molar-refractivity contribution in [3.63, 3.8) is 0 Å². The molecule has 0 aromatic heterocycles. The molecule has 1 aliphatic heterocycles. The van der Waals surface area contributed by atoms with Gasteiger partial charge in [-0.3, -0.25) is 14.4 Å². The Morgan fingerprint density at radius 1 is 1.09 bits per heavy atom. The topological polar surface area (TPSA) is 109 Å². The second kappa shape index (κ2) is 9.02. The van der Waals surface area contributed by atoms with E-state index in [1.54, 1.807) is 0 Å². The van der Waals surface area contributed by atoms with Crippen LogP contribution in [0.2, 0.25) is 0 Å². The second-order valence-electron chi connectivity index (χ2n) is 10.0. The van der Waals surface area contributed by atoms with E-state index in [1.807, 2.05) is 39.8 Å². The van der Waals surface area contributed by atoms with E-state index in [9.17, 15) is 14.4 Å². The molecule has 0 bridgehead atoms. The molecular formula is C26H34N2O4. The van der Waals surface area contributed by atoms with Crippen molar-refractivity contribution in [2.45, 2.75) is 59.4 Å². The van der Waals surface area contributed by atoms with Crippen LogP contribution in [-0.2, 0) is 20.8 Å². The Hall–Kier alpha value is -2.73. The summed E-state index contributed by atoms with van der Waals surface area (Å²) in [6, 6.07) is 11.6. The lowest BCUT2D eigenvalue weighted by Crippen LogP contribution is -2.54. The van der Waals surface area contributed by atoms with Gasteiger partial charge in [-0.05, 0) is 40.2 Å². The lowest BCUT2D eigenvalue weighted by molar-refractivity contribution is -0.147. The highest BCUT2D eigenvalue weighted by Crippen LogP contribution is 2.46. The number of carbonyl (C=O) groups is 3. The Balaban J connectivity index is 0.000000275. The minimum absolute atomic E-state index is 0.0718. The molecule has 4 rings (SSSR count). The molecule has 2 aliphatic rings. The van der Waals surface area contributed by atoms with E-state index in [1.165, 1.54) is 0 Å². The number of carboxylic acid groups (broad SMARTS) is 1. The van der Waals surface area contributed by atoms with Gasteiger partial charge in [-0.1, -0.05) is 64.4 Å². The van der Waals surface area contributed by atoms with Gasteiger partial charge in [-0.15, -0.1) is 0 Å². The first kappa shape index (κ1) is 23.9. The molecule has 2 atom stereocenters. The normalized spacial score (nSPS) is 20.5. The van der Waals surface area contributed by atoms with E-state index < -0.39 is 17.4 Å². The summed E-state index contributed by atoms with van der Waals surface area (Å²) in [5, 5.41) is 14.0. The van der Waals surface area contributed by atoms with Crippen molar-refractivity contribution in [1.82, 2.24) is 0 Å². The molecular weight excluding hydrogens is 404 g/mol. The Bertz CT molecular complexity index is 1020. The van der Waals surface area contributed by atoms with E-state index in [0.717, 1.165) is 28.4 Å². The zero-order valence-corrected chi connectivity index (χ0v) is 19.4. The molecule has 0 amide bonds. The summed E-state index contributed by atoms with van der Waals surface area (Å²) in [5.41, 5.74) is 6.36. The number of aliphatic carboxylic acids is 1. The maximum absolute atomic E-state index is 12.9. The highest BCUT2D eigenvalue weighted by Gasteiger charge is 2.53. The maximum Gasteiger partial charge on any atom is 0.320 e. The van der Waals surface area contributed by atoms with Crippen LogP contribution in [0, 0.1) is 16.7 Å². The molecule has 2 aromatic rings. The molecule has 2 aromatic carbocycles. The largest absolute Gasteiger partial charge is 0.480 e. The second-order valence-corrected chi connectivity index (χ2v) is 10.0. The number of anilines is 1. The number of fused-ring (bicyclic) bond motifs is 3. The molecule has 0 saturated heterocycles. The van der Waals surface area contributed by atoms with Gasteiger partial charge in [-0.2, -0.15) is 0 Å². The number of ketones is 2. The molecule has 6 heteroatoms. The van der Waals surface area contributed by atoms with Gasteiger partial charge >= 0.3 is 5.97 Å². The minimum Gasteiger partial charge on any atom is -0.480 e. The van der Waals surface area contributed by atoms with Gasteiger partial charge in [0.05, 0.1) is 0 Å². The molecule has 1 spiro atoms. The molecule has 1 aliphatic carbocycles. The monoisotopic (exact) mass is 438 g/mol. The van der Waals surface area contributed by atoms with E-state index in [4.69, 9.17) is 10.8 Å². The zero-order valence-electron chi connectivity index (χ0n) is 19.4. The number of rotatable bonds is 3. The molecule has 32 heavy (non-hydrogen) atoms. The fourth-order valence-electron chi connectivity index (χ4n) is 4.62. The first-order valence-corrected chi connectivity index (χ1v) is 11.3. The van der Waals surface area contributed by atoms with Crippen molar-refractivity contribution in [3.8, 4) is 0 Å². The number of benzene rings is 2. The standard InChI is InChI=1S/C20H21NO2.C6H13NO2/c1-19(2)10-17(22)20(18(23)11-19)9-15-14-6-4-3-5-13(14)7-8-16(15)21-12-20;1-3-4(2)5(7)6(8)9/h3-8,21H,9-12H2,1-2H3;4-5H,3,7H2,1-2H3,(H,8,9)/t;4-,5-/m.0/s1. The van der Waals surface area contributed by atoms with E-state index in [-0.39, 0.29) is 22.9 Å². The third-order valence-corrected chi connectivity index (χ3v) is 6.99. The Morgan fingerprint density at radius 2 is 1.72 bits per heavy atom. The summed E-state index contributed by atoms with van der Waals surface area (Å²) < 4.78 is 0. The summed E-state index contributed by atoms with van der Waals surface area (Å²) in [5.74, 6) is -0.637. The van der Waals surface area contributed by atoms with Crippen LogP contribution in [0.4, 0.5) is 5.69 Å². The predicted octanol–water partition coefficient (Wildman–Crippen LogP) is 4.20. The van der Waals surface area contributed by atoms with Crippen molar-refractivity contribution in [3.05, 3.63) is 42.0 Å². The van der Waals surface area contributed by atoms with Crippen LogP contribution in [-0.4, -0.2) is 35.2 Å². The molecule has 4 N–H and O–H groups in total. The van der Waals surface area contributed by atoms with Gasteiger partial charge in [0, 0.05) is 25.1 Å². The Labute approximate surface area is 189 Å². The molecule has 1 saturated carbocycles. The highest BCUT2D eigenvalue weighted by molar-refractivity contribution is 6.11. The molecule has 172 valence electrons. The predicted molar refractivity (Wildman–Crippen MR) is 127 cm³/mol. The molecule has 1 heterocycles. The number of nitrogens with two attached hydrogens (primary N) is 1. The van der Waals surface area contributed by atoms with Crippen LogP contribution < -0.4 is 11.1 Å². The fraction of sp³-hybridized carbons (Fsp3) is 0.500. The Morgan fingerprint density at radius 3 is 2.28 bits per heavy atom. The van der Waals surface area contributed by atoms with Crippen LogP contribution in [0.3, 0.4) is 0 Å². The summed E-state index contributed by atoms with van der Waals surface area (Å²) in [6.45, 7) is 8.21. The SMILES string of the molecule is CC1(C)CC(=O)C2(CNc3ccc4ccccc4c3C2)C(=O)C1.CC[C@H](C)[C@H](N)C(=O)O. The third kappa shape index (κ3) is 4.56. The lowest BCUT2D eigenvalue weighted by atomic mass is 9.60. The van der Waals surface area contributed by atoms with Crippen molar-refractivity contribution in [1.29, 1.82) is 0 Å². The zero-order chi connectivity index (χ0) is 23.7. The highest BCUT2D eigenvalue weighted by atomic mass is 16.4. The van der Waals surface area contributed by atoms with Crippen LogP contribution in [0.5, 0.6) is 0 Å². The van der Waals surface area contributed by atoms with Gasteiger partial charge in [0.25, 0.3) is 0 Å². The number of nitrogens with one attached hydrogen (secondary N) is 1. The van der Waals surface area contributed by atoms with Gasteiger partial charge in [0.1, 0.15) is 23.0 Å². The van der Waals surface area contributed by atoms with Crippen molar-refractivity contribution >= 4 is 34.0 Å². The van der Waals surface area contributed by atoms with Crippen LogP contribution in [0.25, 0.3) is 10.8 Å². The summed E-state index contributed by atoms with van der Waals surface area (Å²) in [7, 11) is 0. The van der Waals surface area contributed by atoms with Crippen molar-refractivity contribution in [2.24, 2.45) is 22.5 Å². The van der Waals surface area contributed by atoms with E-state index in [2.05, 4.69) is 29.6 Å². The van der Waals surface area contributed by atoms with Crippen LogP contribution in [0.15, 0.2) is 36.4 Å². The van der Waals surface area contributed by atoms with Gasteiger partial charge < -0.3 is 16.2 Å². The number of Topliss-reactive ketones (excluding diaryl/α,β-unsaturated/α-hetero) is 2. The maximum atomic E-state index is 12.9. The molecule has 1 fully saturated rings. The number of hydrogen-bond donors (Lipinski definition) is 3. The lowest BCUT2D eigenvalue weighted by Gasteiger charge is -2.43. The first-order valence-electron chi connectivity index (χ1n) is 11.3. The average molecular weight is 439 g/mol. The Kier molecular flexibility index (Phi) is 6.75. The smallest absolute Gasteiger partial charge is 0.320 e. The average Bonchev–Trinajstić information content (AvgIpc) is 2.76. The van der Waals surface area contributed by atoms with Gasteiger partial charge in [0.2, 0.25) is 0 Å². The summed E-state index contributed by atoms with van der Waals surface area (Å²) in [4.78, 5) is 35.9. The van der Waals surface area contributed by atoms with Crippen LogP contribution >= 0.6 is 0 Å².